The van der Waals surface area contributed by atoms with Crippen molar-refractivity contribution in [1.82, 2.24) is 15.3 Å². The minimum atomic E-state index is -0.229. The van der Waals surface area contributed by atoms with Crippen LogP contribution in [0.15, 0.2) is 12.4 Å². The van der Waals surface area contributed by atoms with Gasteiger partial charge in [0.15, 0.2) is 0 Å². The van der Waals surface area contributed by atoms with E-state index in [0.29, 0.717) is 5.92 Å². The highest BCUT2D eigenvalue weighted by molar-refractivity contribution is 5.86. The molecule has 2 saturated heterocycles. The molecule has 1 aromatic heterocycles. The summed E-state index contributed by atoms with van der Waals surface area (Å²) < 4.78 is 0. The second kappa shape index (κ2) is 4.47. The molecule has 19 heavy (non-hydrogen) atoms. The van der Waals surface area contributed by atoms with Gasteiger partial charge in [0.2, 0.25) is 11.9 Å². The van der Waals surface area contributed by atoms with Crippen molar-refractivity contribution in [2.24, 2.45) is 11.3 Å². The third-order valence-electron chi connectivity index (χ3n) is 4.60. The summed E-state index contributed by atoms with van der Waals surface area (Å²) in [4.78, 5) is 23.1. The fraction of sp³-hybridized carbons (Fsp3) is 0.643. The fourth-order valence-electron chi connectivity index (χ4n) is 3.22. The van der Waals surface area contributed by atoms with Crippen LogP contribution in [-0.4, -0.2) is 35.5 Å². The van der Waals surface area contributed by atoms with Crippen molar-refractivity contribution in [3.05, 3.63) is 18.0 Å². The quantitative estimate of drug-likeness (QED) is 0.862. The molecule has 3 rings (SSSR count). The SMILES string of the molecule is CCc1cnc(N2C[C@@H](C)[C@@]3(CCNC3=O)C2)nc1. The molecule has 5 heteroatoms. The minimum Gasteiger partial charge on any atom is -0.356 e. The van der Waals surface area contributed by atoms with Crippen molar-refractivity contribution < 1.29 is 4.79 Å². The van der Waals surface area contributed by atoms with Crippen molar-refractivity contribution in [2.75, 3.05) is 24.5 Å². The lowest BCUT2D eigenvalue weighted by Crippen LogP contribution is -2.37. The second-order valence-corrected chi connectivity index (χ2v) is 5.69. The maximum Gasteiger partial charge on any atom is 0.228 e. The van der Waals surface area contributed by atoms with Crippen LogP contribution in [0.25, 0.3) is 0 Å². The molecule has 5 nitrogen and oxygen atoms in total. The first-order chi connectivity index (χ1) is 9.15. The summed E-state index contributed by atoms with van der Waals surface area (Å²) in [6.45, 7) is 6.65. The zero-order valence-corrected chi connectivity index (χ0v) is 11.5. The first-order valence-corrected chi connectivity index (χ1v) is 7.00. The van der Waals surface area contributed by atoms with Gasteiger partial charge in [0.1, 0.15) is 0 Å². The molecule has 3 heterocycles. The van der Waals surface area contributed by atoms with E-state index in [2.05, 4.69) is 34.0 Å². The predicted octanol–water partition coefficient (Wildman–Crippen LogP) is 1.00. The van der Waals surface area contributed by atoms with E-state index in [1.807, 2.05) is 12.4 Å². The van der Waals surface area contributed by atoms with E-state index in [9.17, 15) is 4.79 Å². The molecule has 1 amide bonds. The Labute approximate surface area is 113 Å². The number of carbonyl (C=O) groups excluding carboxylic acids is 1. The Bertz CT molecular complexity index is 487. The van der Waals surface area contributed by atoms with Gasteiger partial charge >= 0.3 is 0 Å². The third kappa shape index (κ3) is 1.88. The fourth-order valence-corrected chi connectivity index (χ4v) is 3.22. The molecule has 2 aliphatic heterocycles. The molecular formula is C14H20N4O. The van der Waals surface area contributed by atoms with Crippen molar-refractivity contribution in [2.45, 2.75) is 26.7 Å². The average molecular weight is 260 g/mol. The van der Waals surface area contributed by atoms with E-state index in [1.165, 1.54) is 0 Å². The molecule has 0 unspecified atom stereocenters. The maximum atomic E-state index is 12.1. The van der Waals surface area contributed by atoms with Gasteiger partial charge in [0.25, 0.3) is 0 Å². The second-order valence-electron chi connectivity index (χ2n) is 5.69. The normalized spacial score (nSPS) is 30.1. The highest BCUT2D eigenvalue weighted by Crippen LogP contribution is 2.42. The van der Waals surface area contributed by atoms with E-state index < -0.39 is 0 Å². The minimum absolute atomic E-state index is 0.202. The summed E-state index contributed by atoms with van der Waals surface area (Å²) >= 11 is 0. The van der Waals surface area contributed by atoms with Crippen LogP contribution in [-0.2, 0) is 11.2 Å². The van der Waals surface area contributed by atoms with Crippen LogP contribution in [0.2, 0.25) is 0 Å². The Morgan fingerprint density at radius 1 is 1.47 bits per heavy atom. The Morgan fingerprint density at radius 3 is 2.79 bits per heavy atom. The van der Waals surface area contributed by atoms with Crippen molar-refractivity contribution in [3.63, 3.8) is 0 Å². The van der Waals surface area contributed by atoms with Gasteiger partial charge in [-0.2, -0.15) is 0 Å². The largest absolute Gasteiger partial charge is 0.356 e. The molecule has 0 aromatic carbocycles. The smallest absolute Gasteiger partial charge is 0.228 e. The molecule has 1 N–H and O–H groups in total. The van der Waals surface area contributed by atoms with Gasteiger partial charge in [-0.15, -0.1) is 0 Å². The van der Waals surface area contributed by atoms with Gasteiger partial charge in [-0.25, -0.2) is 9.97 Å². The number of aryl methyl sites for hydroxylation is 1. The first-order valence-electron chi connectivity index (χ1n) is 7.00. The molecule has 0 saturated carbocycles. The Balaban J connectivity index is 1.82. The topological polar surface area (TPSA) is 58.1 Å². The van der Waals surface area contributed by atoms with Crippen molar-refractivity contribution in [1.29, 1.82) is 0 Å². The lowest BCUT2D eigenvalue weighted by atomic mass is 9.78. The van der Waals surface area contributed by atoms with Gasteiger partial charge in [-0.1, -0.05) is 13.8 Å². The number of amides is 1. The van der Waals surface area contributed by atoms with Gasteiger partial charge < -0.3 is 10.2 Å². The third-order valence-corrected chi connectivity index (χ3v) is 4.60. The molecule has 102 valence electrons. The van der Waals surface area contributed by atoms with Crippen LogP contribution in [0.1, 0.15) is 25.8 Å². The van der Waals surface area contributed by atoms with E-state index in [0.717, 1.165) is 44.0 Å². The lowest BCUT2D eigenvalue weighted by molar-refractivity contribution is -0.128. The first kappa shape index (κ1) is 12.4. The summed E-state index contributed by atoms with van der Waals surface area (Å²) in [6.07, 6.45) is 5.64. The molecule has 0 radical (unpaired) electrons. The summed E-state index contributed by atoms with van der Waals surface area (Å²) in [6, 6.07) is 0. The number of nitrogens with one attached hydrogen (secondary N) is 1. The Hall–Kier alpha value is -1.65. The van der Waals surface area contributed by atoms with E-state index in [-0.39, 0.29) is 11.3 Å². The molecule has 1 spiro atoms. The molecule has 2 atom stereocenters. The van der Waals surface area contributed by atoms with Gasteiger partial charge in [-0.05, 0) is 24.3 Å². The Morgan fingerprint density at radius 2 is 2.21 bits per heavy atom. The number of hydrogen-bond donors (Lipinski definition) is 1. The van der Waals surface area contributed by atoms with Crippen LogP contribution in [0.3, 0.4) is 0 Å². The molecular weight excluding hydrogens is 240 g/mol. The van der Waals surface area contributed by atoms with Gasteiger partial charge in [-0.3, -0.25) is 4.79 Å². The number of nitrogens with zero attached hydrogens (tertiary/aromatic N) is 3. The summed E-state index contributed by atoms with van der Waals surface area (Å²) in [5.41, 5.74) is 0.914. The summed E-state index contributed by atoms with van der Waals surface area (Å²) in [5.74, 6) is 1.30. The van der Waals surface area contributed by atoms with E-state index in [1.54, 1.807) is 0 Å². The lowest BCUT2D eigenvalue weighted by Gasteiger charge is -2.23. The highest BCUT2D eigenvalue weighted by atomic mass is 16.2. The van der Waals surface area contributed by atoms with Gasteiger partial charge in [0, 0.05) is 32.0 Å². The monoisotopic (exact) mass is 260 g/mol. The zero-order chi connectivity index (χ0) is 13.5. The zero-order valence-electron chi connectivity index (χ0n) is 11.5. The molecule has 2 aliphatic rings. The maximum absolute atomic E-state index is 12.1. The summed E-state index contributed by atoms with van der Waals surface area (Å²) in [7, 11) is 0. The van der Waals surface area contributed by atoms with E-state index >= 15 is 0 Å². The highest BCUT2D eigenvalue weighted by Gasteiger charge is 2.52. The van der Waals surface area contributed by atoms with Crippen LogP contribution >= 0.6 is 0 Å². The van der Waals surface area contributed by atoms with Gasteiger partial charge in [0.05, 0.1) is 5.41 Å². The predicted molar refractivity (Wildman–Crippen MR) is 72.8 cm³/mol. The van der Waals surface area contributed by atoms with Crippen molar-refractivity contribution in [3.8, 4) is 0 Å². The standard InChI is InChI=1S/C14H20N4O/c1-3-11-6-16-13(17-7-11)18-8-10(2)14(9-18)4-5-15-12(14)19/h6-7,10H,3-5,8-9H2,1-2H3,(H,15,19)/t10-,14-/m1/s1. The number of rotatable bonds is 2. The number of hydrogen-bond acceptors (Lipinski definition) is 4. The molecule has 2 fully saturated rings. The average Bonchev–Trinajstić information content (AvgIpc) is 2.96. The Kier molecular flexibility index (Phi) is 2.92. The van der Waals surface area contributed by atoms with E-state index in [4.69, 9.17) is 0 Å². The van der Waals surface area contributed by atoms with Crippen molar-refractivity contribution >= 4 is 11.9 Å². The number of carbonyl (C=O) groups is 1. The summed E-state index contributed by atoms with van der Waals surface area (Å²) in [5, 5.41) is 2.97. The van der Waals surface area contributed by atoms with Crippen LogP contribution in [0.5, 0.6) is 0 Å². The number of anilines is 1. The molecule has 0 bridgehead atoms. The van der Waals surface area contributed by atoms with Crippen LogP contribution < -0.4 is 10.2 Å². The van der Waals surface area contributed by atoms with Crippen LogP contribution in [0.4, 0.5) is 5.95 Å². The molecule has 0 aliphatic carbocycles. The molecule has 1 aromatic rings. The number of aromatic nitrogens is 2. The van der Waals surface area contributed by atoms with Crippen LogP contribution in [0, 0.1) is 11.3 Å².